The highest BCUT2D eigenvalue weighted by Crippen LogP contribution is 2.33. The number of fused-ring (bicyclic) bond motifs is 3. The van der Waals surface area contributed by atoms with Crippen molar-refractivity contribution >= 4 is 27.7 Å². The molecule has 1 aliphatic rings. The molecular formula is C28H24BrN3O. The van der Waals surface area contributed by atoms with Gasteiger partial charge in [0.25, 0.3) is 0 Å². The molecule has 1 heterocycles. The lowest BCUT2D eigenvalue weighted by molar-refractivity contribution is -0.115. The topological polar surface area (TPSA) is 54.9 Å². The van der Waals surface area contributed by atoms with Gasteiger partial charge in [-0.05, 0) is 54.5 Å². The Morgan fingerprint density at radius 3 is 2.39 bits per heavy atom. The molecule has 1 aromatic heterocycles. The van der Waals surface area contributed by atoms with Gasteiger partial charge in [-0.2, -0.15) is 0 Å². The predicted molar refractivity (Wildman–Crippen MR) is 135 cm³/mol. The van der Waals surface area contributed by atoms with Gasteiger partial charge < -0.3 is 5.32 Å². The zero-order chi connectivity index (χ0) is 22.6. The van der Waals surface area contributed by atoms with Gasteiger partial charge in [0, 0.05) is 10.0 Å². The monoisotopic (exact) mass is 497 g/mol. The number of halogens is 1. The number of carbonyl (C=O) groups excluding carboxylic acids is 1. The van der Waals surface area contributed by atoms with Crippen molar-refractivity contribution in [2.45, 2.75) is 32.1 Å². The molecule has 1 amide bonds. The Hall–Kier alpha value is -3.31. The summed E-state index contributed by atoms with van der Waals surface area (Å²) in [6.45, 7) is 0. The second kappa shape index (κ2) is 9.67. The number of hydrogen-bond donors (Lipinski definition) is 1. The standard InChI is InChI=1S/C28H24BrN3O/c29-22-14-10-20(11-15-22)18-26(33)32-28-25(16-12-19-6-2-1-3-7-19)30-27-23-9-5-4-8-21(23)13-17-24(27)31-28/h1-11,14-15H,12-13,16-18H2,(H,31,32,33). The highest BCUT2D eigenvalue weighted by Gasteiger charge is 2.22. The van der Waals surface area contributed by atoms with Crippen LogP contribution in [0.15, 0.2) is 83.3 Å². The highest BCUT2D eigenvalue weighted by molar-refractivity contribution is 9.10. The van der Waals surface area contributed by atoms with Crippen LogP contribution in [0.1, 0.15) is 28.1 Å². The molecule has 0 fully saturated rings. The molecule has 0 atom stereocenters. The minimum Gasteiger partial charge on any atom is -0.309 e. The highest BCUT2D eigenvalue weighted by atomic mass is 79.9. The largest absolute Gasteiger partial charge is 0.309 e. The number of nitrogens with zero attached hydrogens (tertiary/aromatic N) is 2. The van der Waals surface area contributed by atoms with E-state index in [9.17, 15) is 4.79 Å². The number of hydrogen-bond acceptors (Lipinski definition) is 3. The van der Waals surface area contributed by atoms with E-state index in [0.717, 1.165) is 51.9 Å². The molecule has 1 N–H and O–H groups in total. The molecule has 0 saturated carbocycles. The van der Waals surface area contributed by atoms with Gasteiger partial charge in [0.1, 0.15) is 0 Å². The van der Waals surface area contributed by atoms with E-state index in [1.807, 2.05) is 48.5 Å². The molecule has 0 aliphatic heterocycles. The lowest BCUT2D eigenvalue weighted by atomic mass is 9.91. The van der Waals surface area contributed by atoms with Crippen LogP contribution in [0, 0.1) is 0 Å². The Morgan fingerprint density at radius 1 is 0.818 bits per heavy atom. The van der Waals surface area contributed by atoms with Crippen LogP contribution in [0.4, 0.5) is 5.82 Å². The quantitative estimate of drug-likeness (QED) is 0.356. The molecule has 4 nitrogen and oxygen atoms in total. The third kappa shape index (κ3) is 5.04. The van der Waals surface area contributed by atoms with Gasteiger partial charge in [-0.3, -0.25) is 4.79 Å². The zero-order valence-electron chi connectivity index (χ0n) is 18.2. The van der Waals surface area contributed by atoms with Crippen LogP contribution in [0.2, 0.25) is 0 Å². The summed E-state index contributed by atoms with van der Waals surface area (Å²) in [6.07, 6.45) is 3.61. The molecule has 0 radical (unpaired) electrons. The third-order valence-electron chi connectivity index (χ3n) is 5.97. The third-order valence-corrected chi connectivity index (χ3v) is 6.50. The summed E-state index contributed by atoms with van der Waals surface area (Å²) >= 11 is 3.44. The Kier molecular flexibility index (Phi) is 6.31. The maximum Gasteiger partial charge on any atom is 0.229 e. The van der Waals surface area contributed by atoms with E-state index in [-0.39, 0.29) is 5.91 Å². The van der Waals surface area contributed by atoms with Crippen molar-refractivity contribution in [2.24, 2.45) is 0 Å². The number of rotatable bonds is 6. The van der Waals surface area contributed by atoms with Gasteiger partial charge in [0.05, 0.1) is 23.5 Å². The lowest BCUT2D eigenvalue weighted by Crippen LogP contribution is -2.20. The Balaban J connectivity index is 1.45. The van der Waals surface area contributed by atoms with E-state index < -0.39 is 0 Å². The minimum atomic E-state index is -0.0799. The van der Waals surface area contributed by atoms with E-state index in [2.05, 4.69) is 51.6 Å². The molecular weight excluding hydrogens is 474 g/mol. The van der Waals surface area contributed by atoms with Crippen LogP contribution in [0.25, 0.3) is 11.3 Å². The summed E-state index contributed by atoms with van der Waals surface area (Å²) in [6, 6.07) is 26.6. The molecule has 0 saturated heterocycles. The van der Waals surface area contributed by atoms with Crippen LogP contribution in [0.5, 0.6) is 0 Å². The molecule has 5 rings (SSSR count). The number of anilines is 1. The molecule has 0 unspecified atom stereocenters. The number of amides is 1. The molecule has 5 heteroatoms. The number of benzene rings is 3. The maximum absolute atomic E-state index is 12.9. The van der Waals surface area contributed by atoms with E-state index in [4.69, 9.17) is 9.97 Å². The molecule has 3 aromatic carbocycles. The van der Waals surface area contributed by atoms with Crippen molar-refractivity contribution < 1.29 is 4.79 Å². The average molecular weight is 498 g/mol. The summed E-state index contributed by atoms with van der Waals surface area (Å²) in [4.78, 5) is 22.8. The lowest BCUT2D eigenvalue weighted by Gasteiger charge is -2.21. The fourth-order valence-corrected chi connectivity index (χ4v) is 4.53. The Labute approximate surface area is 202 Å². The van der Waals surface area contributed by atoms with Gasteiger partial charge in [-0.25, -0.2) is 9.97 Å². The number of carbonyl (C=O) groups is 1. The van der Waals surface area contributed by atoms with E-state index in [1.54, 1.807) is 0 Å². The average Bonchev–Trinajstić information content (AvgIpc) is 2.84. The second-order valence-electron chi connectivity index (χ2n) is 8.31. The molecule has 0 bridgehead atoms. The van der Waals surface area contributed by atoms with Gasteiger partial charge in [-0.15, -0.1) is 0 Å². The van der Waals surface area contributed by atoms with E-state index >= 15 is 0 Å². The van der Waals surface area contributed by atoms with Crippen molar-refractivity contribution in [3.8, 4) is 11.3 Å². The molecule has 4 aromatic rings. The first-order chi connectivity index (χ1) is 16.2. The fraction of sp³-hybridized carbons (Fsp3) is 0.179. The smallest absolute Gasteiger partial charge is 0.229 e. The first-order valence-electron chi connectivity index (χ1n) is 11.2. The van der Waals surface area contributed by atoms with Crippen LogP contribution in [-0.2, 0) is 36.9 Å². The van der Waals surface area contributed by atoms with Gasteiger partial charge in [-0.1, -0.05) is 82.7 Å². The van der Waals surface area contributed by atoms with Crippen molar-refractivity contribution in [1.29, 1.82) is 0 Å². The maximum atomic E-state index is 12.9. The summed E-state index contributed by atoms with van der Waals surface area (Å²) in [5, 5.41) is 3.06. The number of aromatic nitrogens is 2. The normalized spacial score (nSPS) is 12.0. The first-order valence-corrected chi connectivity index (χ1v) is 12.0. The summed E-state index contributed by atoms with van der Waals surface area (Å²) in [5.41, 5.74) is 7.40. The number of nitrogens with one attached hydrogen (secondary N) is 1. The summed E-state index contributed by atoms with van der Waals surface area (Å²) < 4.78 is 0.996. The summed E-state index contributed by atoms with van der Waals surface area (Å²) in [5.74, 6) is 0.509. The van der Waals surface area contributed by atoms with Gasteiger partial charge in [0.2, 0.25) is 5.91 Å². The van der Waals surface area contributed by atoms with Gasteiger partial charge >= 0.3 is 0 Å². The molecule has 0 spiro atoms. The molecule has 164 valence electrons. The van der Waals surface area contributed by atoms with Crippen molar-refractivity contribution in [2.75, 3.05) is 5.32 Å². The van der Waals surface area contributed by atoms with Crippen LogP contribution in [-0.4, -0.2) is 15.9 Å². The van der Waals surface area contributed by atoms with E-state index in [0.29, 0.717) is 18.7 Å². The van der Waals surface area contributed by atoms with Crippen molar-refractivity contribution in [3.63, 3.8) is 0 Å². The fourth-order valence-electron chi connectivity index (χ4n) is 4.26. The zero-order valence-corrected chi connectivity index (χ0v) is 19.8. The molecule has 33 heavy (non-hydrogen) atoms. The first kappa shape index (κ1) is 21.5. The van der Waals surface area contributed by atoms with Crippen LogP contribution >= 0.6 is 15.9 Å². The molecule has 1 aliphatic carbocycles. The Morgan fingerprint density at radius 2 is 1.58 bits per heavy atom. The second-order valence-corrected chi connectivity index (χ2v) is 9.22. The van der Waals surface area contributed by atoms with Gasteiger partial charge in [0.15, 0.2) is 5.82 Å². The predicted octanol–water partition coefficient (Wildman–Crippen LogP) is 5.97. The van der Waals surface area contributed by atoms with Crippen molar-refractivity contribution in [1.82, 2.24) is 9.97 Å². The number of aryl methyl sites for hydroxylation is 4. The van der Waals surface area contributed by atoms with Crippen LogP contribution in [0.3, 0.4) is 0 Å². The van der Waals surface area contributed by atoms with Crippen molar-refractivity contribution in [3.05, 3.63) is 111 Å². The SMILES string of the molecule is O=C(Cc1ccc(Br)cc1)Nc1nc2c(nc1CCc1ccccc1)-c1ccccc1CC2. The summed E-state index contributed by atoms with van der Waals surface area (Å²) in [7, 11) is 0. The Bertz CT molecular complexity index is 1290. The minimum absolute atomic E-state index is 0.0799. The van der Waals surface area contributed by atoms with E-state index in [1.165, 1.54) is 11.1 Å². The van der Waals surface area contributed by atoms with Crippen LogP contribution < -0.4 is 5.32 Å².